The van der Waals surface area contributed by atoms with E-state index in [2.05, 4.69) is 15.3 Å². The Bertz CT molecular complexity index is 683. The molecule has 2 aromatic rings. The zero-order chi connectivity index (χ0) is 15.6. The van der Waals surface area contributed by atoms with Gasteiger partial charge in [0, 0.05) is 19.3 Å². The van der Waals surface area contributed by atoms with Gasteiger partial charge in [0.1, 0.15) is 0 Å². The molecule has 7 nitrogen and oxygen atoms in total. The van der Waals surface area contributed by atoms with E-state index in [4.69, 9.17) is 4.74 Å². The van der Waals surface area contributed by atoms with Crippen LogP contribution in [0, 0.1) is 5.92 Å². The van der Waals surface area contributed by atoms with Crippen molar-refractivity contribution in [2.75, 3.05) is 13.2 Å². The lowest BCUT2D eigenvalue weighted by Gasteiger charge is -2.24. The highest BCUT2D eigenvalue weighted by Crippen LogP contribution is 2.29. The standard InChI is InChI=1S/C16H19N5O2/c22-16(13-3-5-17-18-7-13)20-8-14-4-6-19-21(14)10-15(9-20)23-11-12-1-2-12/h3-7,12,15H,1-2,8-11H2/t15-/m0/s1. The maximum absolute atomic E-state index is 12.8. The summed E-state index contributed by atoms with van der Waals surface area (Å²) in [5.41, 5.74) is 1.58. The number of fused-ring (bicyclic) bond motifs is 1. The second kappa shape index (κ2) is 6.08. The average Bonchev–Trinajstić information content (AvgIpc) is 3.35. The van der Waals surface area contributed by atoms with Crippen LogP contribution in [0.5, 0.6) is 0 Å². The second-order valence-corrected chi connectivity index (χ2v) is 6.22. The molecule has 0 radical (unpaired) electrons. The van der Waals surface area contributed by atoms with Crippen LogP contribution in [0.4, 0.5) is 0 Å². The van der Waals surface area contributed by atoms with Crippen molar-refractivity contribution in [3.05, 3.63) is 42.0 Å². The minimum atomic E-state index is -0.0467. The highest BCUT2D eigenvalue weighted by atomic mass is 16.5. The normalized spacial score (nSPS) is 20.9. The zero-order valence-corrected chi connectivity index (χ0v) is 12.8. The molecule has 1 fully saturated rings. The Labute approximate surface area is 134 Å². The third-order valence-corrected chi connectivity index (χ3v) is 4.34. The molecule has 0 saturated heterocycles. The number of hydrogen-bond acceptors (Lipinski definition) is 5. The lowest BCUT2D eigenvalue weighted by Crippen LogP contribution is -2.37. The van der Waals surface area contributed by atoms with Gasteiger partial charge in [0.2, 0.25) is 0 Å². The van der Waals surface area contributed by atoms with E-state index in [1.165, 1.54) is 25.2 Å². The number of rotatable bonds is 4. The first-order valence-corrected chi connectivity index (χ1v) is 7.98. The molecular formula is C16H19N5O2. The molecular weight excluding hydrogens is 294 g/mol. The lowest BCUT2D eigenvalue weighted by atomic mass is 10.2. The summed E-state index contributed by atoms with van der Waals surface area (Å²) in [5, 5.41) is 11.9. The van der Waals surface area contributed by atoms with Crippen molar-refractivity contribution in [3.8, 4) is 0 Å². The molecule has 2 aromatic heterocycles. The molecule has 0 bridgehead atoms. The first-order valence-electron chi connectivity index (χ1n) is 7.98. The van der Waals surface area contributed by atoms with E-state index < -0.39 is 0 Å². The third-order valence-electron chi connectivity index (χ3n) is 4.34. The second-order valence-electron chi connectivity index (χ2n) is 6.22. The molecule has 3 heterocycles. The first kappa shape index (κ1) is 14.3. The molecule has 0 unspecified atom stereocenters. The van der Waals surface area contributed by atoms with Gasteiger partial charge < -0.3 is 9.64 Å². The van der Waals surface area contributed by atoms with E-state index in [1.54, 1.807) is 12.3 Å². The highest BCUT2D eigenvalue weighted by Gasteiger charge is 2.29. The van der Waals surface area contributed by atoms with E-state index in [1.807, 2.05) is 15.6 Å². The Hall–Kier alpha value is -2.28. The maximum Gasteiger partial charge on any atom is 0.255 e. The number of nitrogens with zero attached hydrogens (tertiary/aromatic N) is 5. The molecule has 120 valence electrons. The first-order chi connectivity index (χ1) is 11.3. The predicted molar refractivity (Wildman–Crippen MR) is 81.5 cm³/mol. The van der Waals surface area contributed by atoms with Crippen molar-refractivity contribution >= 4 is 5.91 Å². The zero-order valence-electron chi connectivity index (χ0n) is 12.8. The minimum Gasteiger partial charge on any atom is -0.374 e. The quantitative estimate of drug-likeness (QED) is 0.846. The van der Waals surface area contributed by atoms with Crippen LogP contribution in [-0.2, 0) is 17.8 Å². The van der Waals surface area contributed by atoms with Crippen LogP contribution < -0.4 is 0 Å². The molecule has 4 rings (SSSR count). The fraction of sp³-hybridized carbons (Fsp3) is 0.500. The van der Waals surface area contributed by atoms with Crippen LogP contribution in [0.2, 0.25) is 0 Å². The number of amides is 1. The monoisotopic (exact) mass is 313 g/mol. The van der Waals surface area contributed by atoms with Crippen LogP contribution in [0.15, 0.2) is 30.7 Å². The Balaban J connectivity index is 1.54. The van der Waals surface area contributed by atoms with E-state index in [9.17, 15) is 4.79 Å². The summed E-state index contributed by atoms with van der Waals surface area (Å²) in [5.74, 6) is 0.651. The summed E-state index contributed by atoms with van der Waals surface area (Å²) in [6.45, 7) is 2.56. The fourth-order valence-electron chi connectivity index (χ4n) is 2.83. The number of ether oxygens (including phenoxy) is 1. The van der Waals surface area contributed by atoms with Crippen LogP contribution >= 0.6 is 0 Å². The van der Waals surface area contributed by atoms with Crippen LogP contribution in [0.25, 0.3) is 0 Å². The van der Waals surface area contributed by atoms with Gasteiger partial charge in [0.25, 0.3) is 5.91 Å². The molecule has 23 heavy (non-hydrogen) atoms. The number of carbonyl (C=O) groups is 1. The van der Waals surface area contributed by atoms with E-state index >= 15 is 0 Å². The smallest absolute Gasteiger partial charge is 0.255 e. The van der Waals surface area contributed by atoms with Crippen molar-refractivity contribution < 1.29 is 9.53 Å². The lowest BCUT2D eigenvalue weighted by molar-refractivity contribution is 0.0136. The Kier molecular flexibility index (Phi) is 3.78. The van der Waals surface area contributed by atoms with Gasteiger partial charge in [-0.3, -0.25) is 9.48 Å². The van der Waals surface area contributed by atoms with Crippen molar-refractivity contribution in [2.24, 2.45) is 5.92 Å². The number of aromatic nitrogens is 4. The summed E-state index contributed by atoms with van der Waals surface area (Å²) >= 11 is 0. The van der Waals surface area contributed by atoms with Gasteiger partial charge in [0.15, 0.2) is 0 Å². The van der Waals surface area contributed by atoms with Gasteiger partial charge in [-0.15, -0.1) is 0 Å². The number of carbonyl (C=O) groups excluding carboxylic acids is 1. The van der Waals surface area contributed by atoms with Crippen molar-refractivity contribution in [1.82, 2.24) is 24.9 Å². The molecule has 1 aliphatic heterocycles. The minimum absolute atomic E-state index is 0.0319. The molecule has 0 N–H and O–H groups in total. The van der Waals surface area contributed by atoms with Crippen LogP contribution in [0.3, 0.4) is 0 Å². The van der Waals surface area contributed by atoms with Crippen molar-refractivity contribution in [2.45, 2.75) is 32.0 Å². The SMILES string of the molecule is O=C(c1ccnnc1)N1Cc2ccnn2C[C@@H](OCC2CC2)C1. The molecule has 2 aliphatic rings. The van der Waals surface area contributed by atoms with Gasteiger partial charge in [-0.25, -0.2) is 0 Å². The largest absolute Gasteiger partial charge is 0.374 e. The summed E-state index contributed by atoms with van der Waals surface area (Å²) in [6.07, 6.45) is 7.29. The van der Waals surface area contributed by atoms with Gasteiger partial charge >= 0.3 is 0 Å². The predicted octanol–water partition coefficient (Wildman–Crippen LogP) is 1.12. The van der Waals surface area contributed by atoms with E-state index in [0.717, 1.165) is 12.3 Å². The average molecular weight is 313 g/mol. The Morgan fingerprint density at radius 1 is 1.22 bits per heavy atom. The number of hydrogen-bond donors (Lipinski definition) is 0. The third kappa shape index (κ3) is 3.24. The summed E-state index contributed by atoms with van der Waals surface area (Å²) in [6, 6.07) is 3.64. The summed E-state index contributed by atoms with van der Waals surface area (Å²) in [4.78, 5) is 14.6. The summed E-state index contributed by atoms with van der Waals surface area (Å²) < 4.78 is 7.99. The van der Waals surface area contributed by atoms with E-state index in [-0.39, 0.29) is 12.0 Å². The van der Waals surface area contributed by atoms with E-state index in [0.29, 0.717) is 31.1 Å². The molecule has 1 atom stereocenters. The van der Waals surface area contributed by atoms with Gasteiger partial charge in [-0.05, 0) is 30.9 Å². The van der Waals surface area contributed by atoms with Gasteiger partial charge in [-0.2, -0.15) is 15.3 Å². The maximum atomic E-state index is 12.8. The topological polar surface area (TPSA) is 73.1 Å². The van der Waals surface area contributed by atoms with Crippen molar-refractivity contribution in [3.63, 3.8) is 0 Å². The molecule has 1 saturated carbocycles. The molecule has 0 spiro atoms. The summed E-state index contributed by atoms with van der Waals surface area (Å²) in [7, 11) is 0. The Morgan fingerprint density at radius 3 is 2.91 bits per heavy atom. The molecule has 7 heteroatoms. The van der Waals surface area contributed by atoms with Gasteiger partial charge in [0.05, 0.1) is 42.8 Å². The molecule has 0 aromatic carbocycles. The molecule has 1 amide bonds. The van der Waals surface area contributed by atoms with Gasteiger partial charge in [-0.1, -0.05) is 0 Å². The molecule has 1 aliphatic carbocycles. The van der Waals surface area contributed by atoms with Crippen molar-refractivity contribution in [1.29, 1.82) is 0 Å². The van der Waals surface area contributed by atoms with Crippen LogP contribution in [0.1, 0.15) is 28.9 Å². The fourth-order valence-corrected chi connectivity index (χ4v) is 2.83. The highest BCUT2D eigenvalue weighted by molar-refractivity contribution is 5.93. The van der Waals surface area contributed by atoms with Crippen LogP contribution in [-0.4, -0.2) is 50.0 Å². The Morgan fingerprint density at radius 2 is 2.13 bits per heavy atom.